The number of nitrogens with one attached hydrogen (secondary N) is 1. The molecule has 2 aliphatic rings. The lowest BCUT2D eigenvalue weighted by molar-refractivity contribution is 0.282. The van der Waals surface area contributed by atoms with Crippen LogP contribution in [0.1, 0.15) is 52.0 Å². The van der Waals surface area contributed by atoms with Crippen molar-refractivity contribution in [1.29, 1.82) is 0 Å². The molecule has 110 valence electrons. The minimum atomic E-state index is 0.499. The summed E-state index contributed by atoms with van der Waals surface area (Å²) in [4.78, 5) is 0. The average molecular weight is 292 g/mol. The SMILES string of the molecule is CC1(C)C(CNC2CC(c3ccc(Cl)cc3)C2)C1(C)C. The monoisotopic (exact) mass is 291 g/mol. The van der Waals surface area contributed by atoms with E-state index in [2.05, 4.69) is 45.1 Å². The summed E-state index contributed by atoms with van der Waals surface area (Å²) >= 11 is 5.94. The van der Waals surface area contributed by atoms with E-state index in [0.717, 1.165) is 16.9 Å². The number of rotatable bonds is 4. The second-order valence-electron chi connectivity index (χ2n) is 7.82. The van der Waals surface area contributed by atoms with Crippen LogP contribution in [0.3, 0.4) is 0 Å². The number of halogens is 1. The molecule has 0 saturated heterocycles. The highest BCUT2D eigenvalue weighted by Gasteiger charge is 2.64. The van der Waals surface area contributed by atoms with Crippen molar-refractivity contribution in [3.63, 3.8) is 0 Å². The smallest absolute Gasteiger partial charge is 0.0406 e. The lowest BCUT2D eigenvalue weighted by Crippen LogP contribution is -2.41. The van der Waals surface area contributed by atoms with E-state index in [1.165, 1.54) is 24.9 Å². The Morgan fingerprint density at radius 1 is 1.05 bits per heavy atom. The van der Waals surface area contributed by atoms with Gasteiger partial charge in [-0.1, -0.05) is 51.4 Å². The molecular formula is C18H26ClN. The summed E-state index contributed by atoms with van der Waals surface area (Å²) in [6.07, 6.45) is 2.55. The van der Waals surface area contributed by atoms with Crippen LogP contribution < -0.4 is 5.32 Å². The third kappa shape index (κ3) is 2.29. The van der Waals surface area contributed by atoms with Crippen LogP contribution in [0, 0.1) is 16.7 Å². The molecule has 2 fully saturated rings. The van der Waals surface area contributed by atoms with Crippen molar-refractivity contribution in [3.05, 3.63) is 34.9 Å². The van der Waals surface area contributed by atoms with Gasteiger partial charge in [-0.25, -0.2) is 0 Å². The fraction of sp³-hybridized carbons (Fsp3) is 0.667. The molecular weight excluding hydrogens is 266 g/mol. The lowest BCUT2D eigenvalue weighted by atomic mass is 9.76. The van der Waals surface area contributed by atoms with Gasteiger partial charge in [-0.3, -0.25) is 0 Å². The van der Waals surface area contributed by atoms with Gasteiger partial charge in [-0.15, -0.1) is 0 Å². The summed E-state index contributed by atoms with van der Waals surface area (Å²) in [5.74, 6) is 1.55. The van der Waals surface area contributed by atoms with Crippen molar-refractivity contribution >= 4 is 11.6 Å². The second-order valence-corrected chi connectivity index (χ2v) is 8.26. The zero-order valence-corrected chi connectivity index (χ0v) is 13.8. The van der Waals surface area contributed by atoms with Gasteiger partial charge in [0.15, 0.2) is 0 Å². The summed E-state index contributed by atoms with van der Waals surface area (Å²) in [7, 11) is 0. The second kappa shape index (κ2) is 4.74. The molecule has 2 aliphatic carbocycles. The average Bonchev–Trinajstić information content (AvgIpc) is 2.71. The maximum atomic E-state index is 5.94. The first kappa shape index (κ1) is 14.4. The summed E-state index contributed by atoms with van der Waals surface area (Å²) in [6.45, 7) is 10.8. The van der Waals surface area contributed by atoms with Gasteiger partial charge in [0.05, 0.1) is 0 Å². The van der Waals surface area contributed by atoms with Crippen LogP contribution in [0.4, 0.5) is 0 Å². The standard InChI is InChI=1S/C18H26ClN/c1-17(2)16(18(17,3)4)11-20-15-9-13(10-15)12-5-7-14(19)8-6-12/h5-8,13,15-16,20H,9-11H2,1-4H3. The molecule has 0 radical (unpaired) electrons. The van der Waals surface area contributed by atoms with Crippen molar-refractivity contribution in [3.8, 4) is 0 Å². The molecule has 0 unspecified atom stereocenters. The first-order chi connectivity index (χ1) is 9.32. The zero-order chi connectivity index (χ0) is 14.5. The van der Waals surface area contributed by atoms with Gasteiger partial charge in [-0.05, 0) is 59.7 Å². The Bertz CT molecular complexity index is 469. The highest BCUT2D eigenvalue weighted by Crippen LogP contribution is 2.68. The van der Waals surface area contributed by atoms with E-state index in [9.17, 15) is 0 Å². The molecule has 0 bridgehead atoms. The zero-order valence-electron chi connectivity index (χ0n) is 13.0. The maximum absolute atomic E-state index is 5.94. The van der Waals surface area contributed by atoms with E-state index in [4.69, 9.17) is 11.6 Å². The van der Waals surface area contributed by atoms with Crippen molar-refractivity contribution in [2.45, 2.75) is 52.5 Å². The van der Waals surface area contributed by atoms with E-state index >= 15 is 0 Å². The third-order valence-electron chi connectivity index (χ3n) is 6.41. The predicted octanol–water partition coefficient (Wildman–Crippen LogP) is 4.86. The number of hydrogen-bond donors (Lipinski definition) is 1. The van der Waals surface area contributed by atoms with Gasteiger partial charge in [-0.2, -0.15) is 0 Å². The van der Waals surface area contributed by atoms with Crippen LogP contribution in [0.25, 0.3) is 0 Å². The Morgan fingerprint density at radius 2 is 1.60 bits per heavy atom. The normalized spacial score (nSPS) is 30.9. The minimum Gasteiger partial charge on any atom is -0.314 e. The first-order valence-corrected chi connectivity index (χ1v) is 8.19. The Labute approximate surface area is 128 Å². The molecule has 1 N–H and O–H groups in total. The lowest BCUT2D eigenvalue weighted by Gasteiger charge is -2.36. The fourth-order valence-electron chi connectivity index (χ4n) is 3.92. The van der Waals surface area contributed by atoms with Crippen LogP contribution >= 0.6 is 11.6 Å². The van der Waals surface area contributed by atoms with E-state index in [1.54, 1.807) is 0 Å². The first-order valence-electron chi connectivity index (χ1n) is 7.81. The highest BCUT2D eigenvalue weighted by molar-refractivity contribution is 6.30. The molecule has 2 saturated carbocycles. The minimum absolute atomic E-state index is 0.499. The quantitative estimate of drug-likeness (QED) is 0.835. The van der Waals surface area contributed by atoms with Crippen molar-refractivity contribution in [2.75, 3.05) is 6.54 Å². The molecule has 1 nitrogen and oxygen atoms in total. The van der Waals surface area contributed by atoms with Crippen LogP contribution in [0.5, 0.6) is 0 Å². The van der Waals surface area contributed by atoms with E-state index < -0.39 is 0 Å². The topological polar surface area (TPSA) is 12.0 Å². The molecule has 2 heteroatoms. The molecule has 0 heterocycles. The van der Waals surface area contributed by atoms with Gasteiger partial charge in [0.1, 0.15) is 0 Å². The van der Waals surface area contributed by atoms with Crippen molar-refractivity contribution < 1.29 is 0 Å². The van der Waals surface area contributed by atoms with Crippen LogP contribution in [0.15, 0.2) is 24.3 Å². The summed E-state index contributed by atoms with van der Waals surface area (Å²) < 4.78 is 0. The van der Waals surface area contributed by atoms with Gasteiger partial charge in [0.2, 0.25) is 0 Å². The third-order valence-corrected chi connectivity index (χ3v) is 6.66. The highest BCUT2D eigenvalue weighted by atomic mass is 35.5. The van der Waals surface area contributed by atoms with E-state index in [1.807, 2.05) is 12.1 Å². The van der Waals surface area contributed by atoms with Gasteiger partial charge in [0.25, 0.3) is 0 Å². The molecule has 0 aliphatic heterocycles. The molecule has 3 rings (SSSR count). The Balaban J connectivity index is 1.44. The summed E-state index contributed by atoms with van der Waals surface area (Å²) in [6, 6.07) is 9.08. The number of hydrogen-bond acceptors (Lipinski definition) is 1. The maximum Gasteiger partial charge on any atom is 0.0406 e. The van der Waals surface area contributed by atoms with Gasteiger partial charge < -0.3 is 5.32 Å². The number of benzene rings is 1. The Kier molecular flexibility index (Phi) is 3.42. The molecule has 0 aromatic heterocycles. The molecule has 0 atom stereocenters. The van der Waals surface area contributed by atoms with Gasteiger partial charge in [0, 0.05) is 11.1 Å². The van der Waals surface area contributed by atoms with E-state index in [0.29, 0.717) is 16.9 Å². The van der Waals surface area contributed by atoms with E-state index in [-0.39, 0.29) is 0 Å². The summed E-state index contributed by atoms with van der Waals surface area (Å²) in [5, 5.41) is 4.61. The molecule has 0 spiro atoms. The Morgan fingerprint density at radius 3 is 2.10 bits per heavy atom. The predicted molar refractivity (Wildman–Crippen MR) is 86.3 cm³/mol. The fourth-order valence-corrected chi connectivity index (χ4v) is 4.05. The molecule has 0 amide bonds. The molecule has 1 aromatic rings. The van der Waals surface area contributed by atoms with Crippen LogP contribution in [-0.2, 0) is 0 Å². The van der Waals surface area contributed by atoms with Crippen molar-refractivity contribution in [1.82, 2.24) is 5.32 Å². The summed E-state index contributed by atoms with van der Waals surface area (Å²) in [5.41, 5.74) is 2.44. The van der Waals surface area contributed by atoms with Crippen LogP contribution in [-0.4, -0.2) is 12.6 Å². The Hall–Kier alpha value is -0.530. The van der Waals surface area contributed by atoms with Crippen molar-refractivity contribution in [2.24, 2.45) is 16.7 Å². The van der Waals surface area contributed by atoms with Gasteiger partial charge >= 0.3 is 0 Å². The molecule has 1 aromatic carbocycles. The largest absolute Gasteiger partial charge is 0.314 e. The molecule has 20 heavy (non-hydrogen) atoms. The van der Waals surface area contributed by atoms with Crippen LogP contribution in [0.2, 0.25) is 5.02 Å².